The zero-order valence-electron chi connectivity index (χ0n) is 9.71. The first-order valence-electron chi connectivity index (χ1n) is 5.06. The van der Waals surface area contributed by atoms with Crippen molar-refractivity contribution in [2.45, 2.75) is 27.4 Å². The summed E-state index contributed by atoms with van der Waals surface area (Å²) in [6.45, 7) is 5.81. The minimum absolute atomic E-state index is 0.138. The van der Waals surface area contributed by atoms with Gasteiger partial charge >= 0.3 is 0 Å². The molecule has 4 heteroatoms. The second kappa shape index (κ2) is 5.32. The SMILES string of the molecule is CC(C)(C)C(=O)NOCc1ccc(Cl)cc1. The summed E-state index contributed by atoms with van der Waals surface area (Å²) in [4.78, 5) is 16.6. The van der Waals surface area contributed by atoms with Gasteiger partial charge in [-0.15, -0.1) is 0 Å². The fourth-order valence-corrected chi connectivity index (χ4v) is 1.04. The molecule has 0 aliphatic carbocycles. The van der Waals surface area contributed by atoms with E-state index in [1.165, 1.54) is 0 Å². The van der Waals surface area contributed by atoms with Gasteiger partial charge in [0.2, 0.25) is 5.91 Å². The van der Waals surface area contributed by atoms with Crippen LogP contribution >= 0.6 is 11.6 Å². The molecule has 88 valence electrons. The molecule has 0 aromatic heterocycles. The first kappa shape index (κ1) is 13.0. The third-order valence-corrected chi connectivity index (χ3v) is 2.25. The molecule has 0 saturated carbocycles. The molecule has 0 aliphatic rings. The Kier molecular flexibility index (Phi) is 4.33. The number of rotatable bonds is 3. The van der Waals surface area contributed by atoms with Crippen LogP contribution in [0, 0.1) is 5.41 Å². The maximum Gasteiger partial charge on any atom is 0.248 e. The highest BCUT2D eigenvalue weighted by molar-refractivity contribution is 6.30. The highest BCUT2D eigenvalue weighted by Gasteiger charge is 2.20. The molecule has 1 aromatic carbocycles. The average molecular weight is 242 g/mol. The zero-order chi connectivity index (χ0) is 12.2. The van der Waals surface area contributed by atoms with Crippen LogP contribution in [0.3, 0.4) is 0 Å². The van der Waals surface area contributed by atoms with Crippen molar-refractivity contribution in [1.29, 1.82) is 0 Å². The van der Waals surface area contributed by atoms with Crippen LogP contribution in [0.4, 0.5) is 0 Å². The van der Waals surface area contributed by atoms with Gasteiger partial charge in [-0.25, -0.2) is 5.48 Å². The Bertz CT molecular complexity index is 354. The van der Waals surface area contributed by atoms with Crippen molar-refractivity contribution in [3.05, 3.63) is 34.9 Å². The molecule has 0 bridgehead atoms. The Morgan fingerprint density at radius 2 is 1.88 bits per heavy atom. The van der Waals surface area contributed by atoms with E-state index in [4.69, 9.17) is 16.4 Å². The van der Waals surface area contributed by atoms with E-state index in [1.807, 2.05) is 32.9 Å². The van der Waals surface area contributed by atoms with Gasteiger partial charge in [-0.1, -0.05) is 44.5 Å². The smallest absolute Gasteiger partial charge is 0.248 e. The molecule has 1 N–H and O–H groups in total. The van der Waals surface area contributed by atoms with Gasteiger partial charge in [-0.2, -0.15) is 0 Å². The Morgan fingerprint density at radius 1 is 1.31 bits per heavy atom. The van der Waals surface area contributed by atoms with E-state index < -0.39 is 5.41 Å². The molecule has 1 aromatic rings. The summed E-state index contributed by atoms with van der Waals surface area (Å²) in [7, 11) is 0. The van der Waals surface area contributed by atoms with Crippen molar-refractivity contribution in [1.82, 2.24) is 5.48 Å². The lowest BCUT2D eigenvalue weighted by Crippen LogP contribution is -2.34. The monoisotopic (exact) mass is 241 g/mol. The minimum atomic E-state index is -0.444. The number of amides is 1. The van der Waals surface area contributed by atoms with Gasteiger partial charge < -0.3 is 0 Å². The van der Waals surface area contributed by atoms with E-state index in [0.29, 0.717) is 11.6 Å². The van der Waals surface area contributed by atoms with Gasteiger partial charge in [0.25, 0.3) is 0 Å². The van der Waals surface area contributed by atoms with Crippen molar-refractivity contribution in [2.24, 2.45) is 5.41 Å². The summed E-state index contributed by atoms with van der Waals surface area (Å²) < 4.78 is 0. The second-order valence-electron chi connectivity index (χ2n) is 4.60. The summed E-state index contributed by atoms with van der Waals surface area (Å²) in [5.41, 5.74) is 2.93. The van der Waals surface area contributed by atoms with Crippen LogP contribution in [0.2, 0.25) is 5.02 Å². The van der Waals surface area contributed by atoms with E-state index in [1.54, 1.807) is 12.1 Å². The van der Waals surface area contributed by atoms with Crippen LogP contribution in [-0.2, 0) is 16.2 Å². The molecular formula is C12H16ClNO2. The van der Waals surface area contributed by atoms with Crippen LogP contribution in [0.25, 0.3) is 0 Å². The van der Waals surface area contributed by atoms with E-state index in [0.717, 1.165) is 5.56 Å². The van der Waals surface area contributed by atoms with Crippen LogP contribution in [0.5, 0.6) is 0 Å². The van der Waals surface area contributed by atoms with Gasteiger partial charge in [0, 0.05) is 10.4 Å². The highest BCUT2D eigenvalue weighted by atomic mass is 35.5. The minimum Gasteiger partial charge on any atom is -0.272 e. The molecule has 0 spiro atoms. The van der Waals surface area contributed by atoms with Crippen LogP contribution in [0.15, 0.2) is 24.3 Å². The Balaban J connectivity index is 2.36. The Morgan fingerprint density at radius 3 is 2.38 bits per heavy atom. The molecule has 1 amide bonds. The molecule has 3 nitrogen and oxygen atoms in total. The van der Waals surface area contributed by atoms with Gasteiger partial charge in [-0.05, 0) is 17.7 Å². The van der Waals surface area contributed by atoms with Crippen molar-refractivity contribution < 1.29 is 9.63 Å². The van der Waals surface area contributed by atoms with Crippen LogP contribution in [0.1, 0.15) is 26.3 Å². The quantitative estimate of drug-likeness (QED) is 0.827. The first-order valence-corrected chi connectivity index (χ1v) is 5.44. The maximum absolute atomic E-state index is 11.5. The molecule has 0 aliphatic heterocycles. The Labute approximate surface area is 101 Å². The van der Waals surface area contributed by atoms with Crippen LogP contribution in [-0.4, -0.2) is 5.91 Å². The normalized spacial score (nSPS) is 11.2. The van der Waals surface area contributed by atoms with Gasteiger partial charge in [0.15, 0.2) is 0 Å². The standard InChI is InChI=1S/C12H16ClNO2/c1-12(2,3)11(15)14-16-8-9-4-6-10(13)7-5-9/h4-7H,8H2,1-3H3,(H,14,15). The van der Waals surface area contributed by atoms with Gasteiger partial charge in [-0.3, -0.25) is 9.63 Å². The molecule has 0 heterocycles. The predicted octanol–water partition coefficient (Wildman–Crippen LogP) is 2.93. The number of nitrogens with one attached hydrogen (secondary N) is 1. The van der Waals surface area contributed by atoms with Crippen LogP contribution < -0.4 is 5.48 Å². The predicted molar refractivity (Wildman–Crippen MR) is 63.8 cm³/mol. The fourth-order valence-electron chi connectivity index (χ4n) is 0.919. The molecule has 16 heavy (non-hydrogen) atoms. The lowest BCUT2D eigenvalue weighted by molar-refractivity contribution is -0.142. The number of carbonyl (C=O) groups excluding carboxylic acids is 1. The highest BCUT2D eigenvalue weighted by Crippen LogP contribution is 2.13. The summed E-state index contributed by atoms with van der Waals surface area (Å²) >= 11 is 5.75. The lowest BCUT2D eigenvalue weighted by Gasteiger charge is -2.17. The second-order valence-corrected chi connectivity index (χ2v) is 5.03. The number of benzene rings is 1. The first-order chi connectivity index (χ1) is 7.39. The largest absolute Gasteiger partial charge is 0.272 e. The molecule has 0 saturated heterocycles. The third-order valence-electron chi connectivity index (χ3n) is 2.00. The lowest BCUT2D eigenvalue weighted by atomic mass is 9.96. The number of hydrogen-bond donors (Lipinski definition) is 1. The number of hydrogen-bond acceptors (Lipinski definition) is 2. The number of halogens is 1. The molecule has 1 rings (SSSR count). The van der Waals surface area contributed by atoms with Crippen molar-refractivity contribution in [3.8, 4) is 0 Å². The average Bonchev–Trinajstić information content (AvgIpc) is 2.19. The van der Waals surface area contributed by atoms with E-state index in [9.17, 15) is 4.79 Å². The molecule has 0 atom stereocenters. The number of carbonyl (C=O) groups is 1. The summed E-state index contributed by atoms with van der Waals surface area (Å²) in [5, 5.41) is 0.683. The van der Waals surface area contributed by atoms with Crippen molar-refractivity contribution >= 4 is 17.5 Å². The van der Waals surface area contributed by atoms with Gasteiger partial charge in [0.05, 0.1) is 6.61 Å². The maximum atomic E-state index is 11.5. The molecule has 0 radical (unpaired) electrons. The zero-order valence-corrected chi connectivity index (χ0v) is 10.5. The van der Waals surface area contributed by atoms with E-state index in [-0.39, 0.29) is 5.91 Å². The fraction of sp³-hybridized carbons (Fsp3) is 0.417. The topological polar surface area (TPSA) is 38.3 Å². The van der Waals surface area contributed by atoms with E-state index >= 15 is 0 Å². The van der Waals surface area contributed by atoms with E-state index in [2.05, 4.69) is 5.48 Å². The number of hydroxylamine groups is 1. The summed E-state index contributed by atoms with van der Waals surface area (Å²) in [5.74, 6) is -0.138. The van der Waals surface area contributed by atoms with Crippen molar-refractivity contribution in [3.63, 3.8) is 0 Å². The summed E-state index contributed by atoms with van der Waals surface area (Å²) in [6, 6.07) is 7.27. The molecule has 0 unspecified atom stereocenters. The summed E-state index contributed by atoms with van der Waals surface area (Å²) in [6.07, 6.45) is 0. The van der Waals surface area contributed by atoms with Gasteiger partial charge in [0.1, 0.15) is 0 Å². The molecule has 0 fully saturated rings. The Hall–Kier alpha value is -1.06. The third kappa shape index (κ3) is 4.21. The van der Waals surface area contributed by atoms with Crippen molar-refractivity contribution in [2.75, 3.05) is 0 Å². The molecular weight excluding hydrogens is 226 g/mol.